The number of carbonyl (C=O) groups is 1. The molecule has 24 heavy (non-hydrogen) atoms. The summed E-state index contributed by atoms with van der Waals surface area (Å²) in [5, 5.41) is 0. The number of hydrogen-bond acceptors (Lipinski definition) is 2. The van der Waals surface area contributed by atoms with Gasteiger partial charge in [-0.3, -0.25) is 4.79 Å². The van der Waals surface area contributed by atoms with Crippen molar-refractivity contribution in [1.29, 1.82) is 0 Å². The number of rotatable bonds is 16. The molecule has 0 aromatic heterocycles. The van der Waals surface area contributed by atoms with Crippen LogP contribution in [-0.4, -0.2) is 12.9 Å². The lowest BCUT2D eigenvalue weighted by Crippen LogP contribution is -1.97. The first-order valence-electron chi connectivity index (χ1n) is 10.0. The van der Waals surface area contributed by atoms with Crippen LogP contribution in [0.2, 0.25) is 0 Å². The van der Waals surface area contributed by atoms with E-state index >= 15 is 0 Å². The molecule has 0 saturated heterocycles. The molecule has 0 atom stereocenters. The molecule has 0 radical (unpaired) electrons. The lowest BCUT2D eigenvalue weighted by molar-refractivity contribution is 0.112. The Bertz CT molecular complexity index is 397. The minimum Gasteiger partial charge on any atom is -0.494 e. The van der Waals surface area contributed by atoms with Gasteiger partial charge in [0.25, 0.3) is 0 Å². The van der Waals surface area contributed by atoms with E-state index in [1.165, 1.54) is 77.0 Å². The van der Waals surface area contributed by atoms with Gasteiger partial charge in [-0.15, -0.1) is 0 Å². The molecule has 0 spiro atoms. The molecule has 0 unspecified atom stereocenters. The van der Waals surface area contributed by atoms with Crippen molar-refractivity contribution in [2.45, 2.75) is 90.4 Å². The van der Waals surface area contributed by atoms with Gasteiger partial charge < -0.3 is 4.74 Å². The van der Waals surface area contributed by atoms with Crippen LogP contribution in [-0.2, 0) is 0 Å². The van der Waals surface area contributed by atoms with E-state index in [9.17, 15) is 4.79 Å². The zero-order chi connectivity index (χ0) is 17.3. The predicted octanol–water partition coefficient (Wildman–Crippen LogP) is 6.97. The lowest BCUT2D eigenvalue weighted by Gasteiger charge is -2.06. The van der Waals surface area contributed by atoms with Gasteiger partial charge in [-0.1, -0.05) is 84.0 Å². The third-order valence-corrected chi connectivity index (χ3v) is 4.53. The molecule has 2 nitrogen and oxygen atoms in total. The molecule has 0 heterocycles. The van der Waals surface area contributed by atoms with Crippen molar-refractivity contribution in [3.8, 4) is 5.75 Å². The Hall–Kier alpha value is -1.31. The van der Waals surface area contributed by atoms with E-state index in [2.05, 4.69) is 6.92 Å². The number of hydrogen-bond donors (Lipinski definition) is 0. The molecular weight excluding hydrogens is 296 g/mol. The van der Waals surface area contributed by atoms with Gasteiger partial charge in [-0.25, -0.2) is 0 Å². The molecule has 0 bridgehead atoms. The standard InChI is InChI=1S/C22H36O2/c1-2-3-4-5-6-7-8-9-10-11-12-13-14-19-24-22-17-15-21(20-23)16-18-22/h15-18,20H,2-14,19H2,1H3. The molecule has 0 aliphatic heterocycles. The zero-order valence-electron chi connectivity index (χ0n) is 15.6. The Labute approximate surface area is 149 Å². The van der Waals surface area contributed by atoms with Gasteiger partial charge in [-0.05, 0) is 30.7 Å². The first-order chi connectivity index (χ1) is 11.9. The van der Waals surface area contributed by atoms with Crippen molar-refractivity contribution in [2.75, 3.05) is 6.61 Å². The van der Waals surface area contributed by atoms with E-state index in [0.717, 1.165) is 25.1 Å². The van der Waals surface area contributed by atoms with Crippen molar-refractivity contribution in [3.63, 3.8) is 0 Å². The summed E-state index contributed by atoms with van der Waals surface area (Å²) in [6.45, 7) is 3.05. The van der Waals surface area contributed by atoms with Crippen molar-refractivity contribution < 1.29 is 9.53 Å². The fourth-order valence-electron chi connectivity index (χ4n) is 2.95. The van der Waals surface area contributed by atoms with Gasteiger partial charge in [0.1, 0.15) is 12.0 Å². The Balaban J connectivity index is 1.81. The van der Waals surface area contributed by atoms with E-state index in [4.69, 9.17) is 4.74 Å². The smallest absolute Gasteiger partial charge is 0.150 e. The van der Waals surface area contributed by atoms with Gasteiger partial charge in [0.05, 0.1) is 6.61 Å². The normalized spacial score (nSPS) is 10.7. The van der Waals surface area contributed by atoms with Crippen LogP contribution < -0.4 is 4.74 Å². The summed E-state index contributed by atoms with van der Waals surface area (Å²) < 4.78 is 5.69. The SMILES string of the molecule is CCCCCCCCCCCCCCCOc1ccc(C=O)cc1. The van der Waals surface area contributed by atoms with Gasteiger partial charge in [0.2, 0.25) is 0 Å². The van der Waals surface area contributed by atoms with Crippen LogP contribution in [0, 0.1) is 0 Å². The maximum absolute atomic E-state index is 10.6. The van der Waals surface area contributed by atoms with E-state index in [-0.39, 0.29) is 0 Å². The van der Waals surface area contributed by atoms with E-state index in [0.29, 0.717) is 5.56 Å². The Morgan fingerprint density at radius 1 is 0.708 bits per heavy atom. The Morgan fingerprint density at radius 2 is 1.17 bits per heavy atom. The monoisotopic (exact) mass is 332 g/mol. The summed E-state index contributed by atoms with van der Waals surface area (Å²) in [5.41, 5.74) is 0.698. The van der Waals surface area contributed by atoms with Gasteiger partial charge in [0, 0.05) is 5.56 Å². The molecule has 0 saturated carbocycles. The topological polar surface area (TPSA) is 26.3 Å². The van der Waals surface area contributed by atoms with E-state index in [1.807, 2.05) is 12.1 Å². The largest absolute Gasteiger partial charge is 0.494 e. The number of ether oxygens (including phenoxy) is 1. The van der Waals surface area contributed by atoms with Crippen LogP contribution in [0.15, 0.2) is 24.3 Å². The third-order valence-electron chi connectivity index (χ3n) is 4.53. The fraction of sp³-hybridized carbons (Fsp3) is 0.682. The van der Waals surface area contributed by atoms with Gasteiger partial charge in [-0.2, -0.15) is 0 Å². The Morgan fingerprint density at radius 3 is 1.62 bits per heavy atom. The summed E-state index contributed by atoms with van der Waals surface area (Å²) in [4.78, 5) is 10.6. The maximum Gasteiger partial charge on any atom is 0.150 e. The van der Waals surface area contributed by atoms with Crippen LogP contribution in [0.4, 0.5) is 0 Å². The maximum atomic E-state index is 10.6. The summed E-state index contributed by atoms with van der Waals surface area (Å²) in [5.74, 6) is 0.861. The molecule has 1 aromatic carbocycles. The molecule has 1 rings (SSSR count). The highest BCUT2D eigenvalue weighted by atomic mass is 16.5. The third kappa shape index (κ3) is 11.3. The van der Waals surface area contributed by atoms with Crippen molar-refractivity contribution >= 4 is 6.29 Å². The highest BCUT2D eigenvalue weighted by Crippen LogP contribution is 2.14. The van der Waals surface area contributed by atoms with Crippen LogP contribution in [0.3, 0.4) is 0 Å². The van der Waals surface area contributed by atoms with Crippen LogP contribution in [0.5, 0.6) is 5.75 Å². The second-order valence-corrected chi connectivity index (χ2v) is 6.78. The van der Waals surface area contributed by atoms with Crippen LogP contribution >= 0.6 is 0 Å². The zero-order valence-corrected chi connectivity index (χ0v) is 15.6. The van der Waals surface area contributed by atoms with Gasteiger partial charge in [0.15, 0.2) is 0 Å². The highest BCUT2D eigenvalue weighted by Gasteiger charge is 1.96. The average Bonchev–Trinajstić information content (AvgIpc) is 2.62. The summed E-state index contributed by atoms with van der Waals surface area (Å²) in [6, 6.07) is 7.33. The molecule has 136 valence electrons. The van der Waals surface area contributed by atoms with E-state index < -0.39 is 0 Å². The molecule has 0 aliphatic carbocycles. The summed E-state index contributed by atoms with van der Waals surface area (Å²) in [7, 11) is 0. The Kier molecular flexibility index (Phi) is 13.2. The minimum absolute atomic E-state index is 0.698. The molecule has 0 aliphatic rings. The number of aldehydes is 1. The van der Waals surface area contributed by atoms with E-state index in [1.54, 1.807) is 12.1 Å². The van der Waals surface area contributed by atoms with Gasteiger partial charge >= 0.3 is 0 Å². The molecule has 2 heteroatoms. The molecule has 1 aromatic rings. The first kappa shape index (κ1) is 20.7. The predicted molar refractivity (Wildman–Crippen MR) is 103 cm³/mol. The van der Waals surface area contributed by atoms with Crippen molar-refractivity contribution in [2.24, 2.45) is 0 Å². The van der Waals surface area contributed by atoms with Crippen LogP contribution in [0.1, 0.15) is 101 Å². The molecule has 0 amide bonds. The highest BCUT2D eigenvalue weighted by molar-refractivity contribution is 5.74. The van der Waals surface area contributed by atoms with Crippen molar-refractivity contribution in [1.82, 2.24) is 0 Å². The number of unbranched alkanes of at least 4 members (excludes halogenated alkanes) is 12. The minimum atomic E-state index is 0.698. The number of carbonyl (C=O) groups excluding carboxylic acids is 1. The number of benzene rings is 1. The second kappa shape index (κ2) is 15.2. The molecule has 0 fully saturated rings. The molecule has 0 N–H and O–H groups in total. The second-order valence-electron chi connectivity index (χ2n) is 6.78. The first-order valence-corrected chi connectivity index (χ1v) is 10.0. The lowest BCUT2D eigenvalue weighted by atomic mass is 10.0. The van der Waals surface area contributed by atoms with Crippen LogP contribution in [0.25, 0.3) is 0 Å². The van der Waals surface area contributed by atoms with Crippen molar-refractivity contribution in [3.05, 3.63) is 29.8 Å². The average molecular weight is 333 g/mol. The quantitative estimate of drug-likeness (QED) is 0.241. The fourth-order valence-corrected chi connectivity index (χ4v) is 2.95. The summed E-state index contributed by atoms with van der Waals surface area (Å²) >= 11 is 0. The molecular formula is C22H36O2. The summed E-state index contributed by atoms with van der Waals surface area (Å²) in [6.07, 6.45) is 18.6.